The minimum Gasteiger partial charge on any atom is -0.480 e. The fraction of sp³-hybridized carbons (Fsp3) is 0.429. The Hall–Kier alpha value is -2.83. The summed E-state index contributed by atoms with van der Waals surface area (Å²) >= 11 is 0. The zero-order valence-electron chi connectivity index (χ0n) is 17.9. The van der Waals surface area contributed by atoms with E-state index in [1.165, 1.54) is 11.1 Å². The molecule has 2 atom stereocenters. The van der Waals surface area contributed by atoms with E-state index in [0.29, 0.717) is 6.20 Å². The fourth-order valence-corrected chi connectivity index (χ4v) is 4.14. The first-order chi connectivity index (χ1) is 15.6. The molecule has 3 rings (SSSR count). The predicted molar refractivity (Wildman–Crippen MR) is 108 cm³/mol. The van der Waals surface area contributed by atoms with Gasteiger partial charge in [0.2, 0.25) is 0 Å². The first-order valence-corrected chi connectivity index (χ1v) is 11.9. The Balaban J connectivity index is 1.90. The van der Waals surface area contributed by atoms with Gasteiger partial charge in [0.05, 0.1) is 16.0 Å². The summed E-state index contributed by atoms with van der Waals surface area (Å²) in [5, 5.41) is 0. The van der Waals surface area contributed by atoms with Crippen LogP contribution in [-0.2, 0) is 16.0 Å². The second kappa shape index (κ2) is 9.08. The molecule has 0 aliphatic carbocycles. The maximum atomic E-state index is 13.2. The van der Waals surface area contributed by atoms with Crippen LogP contribution in [-0.4, -0.2) is 55.8 Å². The topological polar surface area (TPSA) is 76.6 Å². The highest BCUT2D eigenvalue weighted by molar-refractivity contribution is 7.90. The third-order valence-electron chi connectivity index (χ3n) is 5.41. The van der Waals surface area contributed by atoms with Gasteiger partial charge in [-0.25, -0.2) is 8.42 Å². The standard InChI is InChI=1S/C21H20F6N2O4S/c1-12(20(22,23)24)33-18-4-3-16(34(2,31)32)8-17(18)19(30)29-6-5-13(11-29)14-7-15(10-28-9-14)21(25,26)27/h3-4,7-10,12-13H,5-6,11H2,1-2H3/t12-,13?/m0/s1. The number of carbonyl (C=O) groups excluding carboxylic acids is 1. The van der Waals surface area contributed by atoms with Crippen LogP contribution in [0.5, 0.6) is 5.75 Å². The van der Waals surface area contributed by atoms with E-state index in [9.17, 15) is 39.6 Å². The van der Waals surface area contributed by atoms with Gasteiger partial charge >= 0.3 is 12.4 Å². The van der Waals surface area contributed by atoms with Crippen molar-refractivity contribution in [2.75, 3.05) is 19.3 Å². The molecule has 0 bridgehead atoms. The third-order valence-corrected chi connectivity index (χ3v) is 6.52. The minimum absolute atomic E-state index is 0.0286. The van der Waals surface area contributed by atoms with Crippen molar-refractivity contribution in [2.45, 2.75) is 42.6 Å². The lowest BCUT2D eigenvalue weighted by Gasteiger charge is -2.22. The molecule has 186 valence electrons. The van der Waals surface area contributed by atoms with Gasteiger partial charge in [0.15, 0.2) is 15.9 Å². The maximum absolute atomic E-state index is 13.2. The first-order valence-electron chi connectivity index (χ1n) is 9.96. The summed E-state index contributed by atoms with van der Waals surface area (Å²) in [6.07, 6.45) is -8.49. The van der Waals surface area contributed by atoms with Gasteiger partial charge in [0.1, 0.15) is 5.75 Å². The molecular weight excluding hydrogens is 490 g/mol. The molecular formula is C21H20F6N2O4S. The number of halogens is 6. The number of benzene rings is 1. The lowest BCUT2D eigenvalue weighted by Crippen LogP contribution is -2.33. The number of amides is 1. The Morgan fingerprint density at radius 2 is 1.82 bits per heavy atom. The van der Waals surface area contributed by atoms with Gasteiger partial charge < -0.3 is 9.64 Å². The van der Waals surface area contributed by atoms with Crippen molar-refractivity contribution in [2.24, 2.45) is 0 Å². The summed E-state index contributed by atoms with van der Waals surface area (Å²) in [6.45, 7) is 0.807. The van der Waals surface area contributed by atoms with Crippen LogP contribution in [0.1, 0.15) is 40.7 Å². The van der Waals surface area contributed by atoms with Gasteiger partial charge in [-0.15, -0.1) is 0 Å². The van der Waals surface area contributed by atoms with Crippen LogP contribution < -0.4 is 4.74 Å². The summed E-state index contributed by atoms with van der Waals surface area (Å²) in [5.41, 5.74) is -1.06. The van der Waals surface area contributed by atoms with Crippen molar-refractivity contribution < 1.29 is 44.3 Å². The van der Waals surface area contributed by atoms with Crippen molar-refractivity contribution >= 4 is 15.7 Å². The quantitative estimate of drug-likeness (QED) is 0.555. The Morgan fingerprint density at radius 1 is 1.15 bits per heavy atom. The molecule has 2 heterocycles. The number of hydrogen-bond donors (Lipinski definition) is 0. The van der Waals surface area contributed by atoms with Crippen LogP contribution in [0.2, 0.25) is 0 Å². The Kier molecular flexibility index (Phi) is 6.89. The number of sulfone groups is 1. The molecule has 1 amide bonds. The van der Waals surface area contributed by atoms with E-state index >= 15 is 0 Å². The van der Waals surface area contributed by atoms with E-state index in [4.69, 9.17) is 4.74 Å². The lowest BCUT2D eigenvalue weighted by atomic mass is 9.99. The Bertz CT molecular complexity index is 1180. The largest absolute Gasteiger partial charge is 0.480 e. The van der Waals surface area contributed by atoms with Gasteiger partial charge in [-0.2, -0.15) is 26.3 Å². The monoisotopic (exact) mass is 510 g/mol. The zero-order valence-corrected chi connectivity index (χ0v) is 18.8. The van der Waals surface area contributed by atoms with Gasteiger partial charge in [0.25, 0.3) is 5.91 Å². The van der Waals surface area contributed by atoms with Crippen molar-refractivity contribution in [3.05, 3.63) is 53.3 Å². The summed E-state index contributed by atoms with van der Waals surface area (Å²) in [7, 11) is -3.79. The summed E-state index contributed by atoms with van der Waals surface area (Å²) in [6, 6.07) is 3.90. The van der Waals surface area contributed by atoms with Crippen molar-refractivity contribution in [3.8, 4) is 5.75 Å². The molecule has 2 aromatic rings. The van der Waals surface area contributed by atoms with Crippen molar-refractivity contribution in [1.82, 2.24) is 9.88 Å². The van der Waals surface area contributed by atoms with E-state index in [1.54, 1.807) is 0 Å². The Morgan fingerprint density at radius 3 is 2.41 bits per heavy atom. The molecule has 1 aliphatic rings. The van der Waals surface area contributed by atoms with Crippen LogP contribution in [0.4, 0.5) is 26.3 Å². The number of rotatable bonds is 5. The van der Waals surface area contributed by atoms with Crippen LogP contribution in [0.15, 0.2) is 41.6 Å². The van der Waals surface area contributed by atoms with Gasteiger partial charge in [-0.3, -0.25) is 9.78 Å². The number of alkyl halides is 6. The molecule has 34 heavy (non-hydrogen) atoms. The van der Waals surface area contributed by atoms with Gasteiger partial charge in [-0.1, -0.05) is 0 Å². The normalized spacial score (nSPS) is 18.1. The lowest BCUT2D eigenvalue weighted by molar-refractivity contribution is -0.189. The van der Waals surface area contributed by atoms with E-state index in [-0.39, 0.29) is 35.5 Å². The van der Waals surface area contributed by atoms with Crippen LogP contribution in [0.3, 0.4) is 0 Å². The molecule has 13 heteroatoms. The van der Waals surface area contributed by atoms with E-state index in [1.807, 2.05) is 0 Å². The van der Waals surface area contributed by atoms with Crippen LogP contribution in [0, 0.1) is 0 Å². The molecule has 1 saturated heterocycles. The number of likely N-dealkylation sites (tertiary alicyclic amines) is 1. The SMILES string of the molecule is C[C@H](Oc1ccc(S(C)(=O)=O)cc1C(=O)N1CCC(c2cncc(C(F)(F)F)c2)C1)C(F)(F)F. The molecule has 6 nitrogen and oxygen atoms in total. The molecule has 0 saturated carbocycles. The molecule has 1 aliphatic heterocycles. The van der Waals surface area contributed by atoms with Gasteiger partial charge in [-0.05, 0) is 43.2 Å². The summed E-state index contributed by atoms with van der Waals surface area (Å²) in [4.78, 5) is 17.7. The Labute approximate surface area is 191 Å². The van der Waals surface area contributed by atoms with Gasteiger partial charge in [0, 0.05) is 37.7 Å². The average molecular weight is 510 g/mol. The smallest absolute Gasteiger partial charge is 0.425 e. The number of pyridine rings is 1. The maximum Gasteiger partial charge on any atom is 0.425 e. The third kappa shape index (κ3) is 5.80. The number of nitrogens with zero attached hydrogens (tertiary/aromatic N) is 2. The van der Waals surface area contributed by atoms with E-state index in [0.717, 1.165) is 37.4 Å². The van der Waals surface area contributed by atoms with Crippen molar-refractivity contribution in [1.29, 1.82) is 0 Å². The molecule has 1 unspecified atom stereocenters. The highest BCUT2D eigenvalue weighted by Crippen LogP contribution is 2.35. The average Bonchev–Trinajstić information content (AvgIpc) is 3.22. The molecule has 0 spiro atoms. The number of carbonyl (C=O) groups is 1. The minimum atomic E-state index is -4.73. The van der Waals surface area contributed by atoms with Crippen LogP contribution >= 0.6 is 0 Å². The second-order valence-electron chi connectivity index (χ2n) is 7.97. The molecule has 1 fully saturated rings. The number of ether oxygens (including phenoxy) is 1. The fourth-order valence-electron chi connectivity index (χ4n) is 3.49. The van der Waals surface area contributed by atoms with Crippen LogP contribution in [0.25, 0.3) is 0 Å². The van der Waals surface area contributed by atoms with E-state index in [2.05, 4.69) is 4.98 Å². The zero-order chi connectivity index (χ0) is 25.5. The summed E-state index contributed by atoms with van der Waals surface area (Å²) in [5.74, 6) is -1.74. The summed E-state index contributed by atoms with van der Waals surface area (Å²) < 4.78 is 107. The van der Waals surface area contributed by atoms with Crippen molar-refractivity contribution in [3.63, 3.8) is 0 Å². The highest BCUT2D eigenvalue weighted by Gasteiger charge is 2.39. The molecule has 0 radical (unpaired) electrons. The number of aromatic nitrogens is 1. The molecule has 1 aromatic heterocycles. The second-order valence-corrected chi connectivity index (χ2v) is 9.99. The molecule has 1 aromatic carbocycles. The highest BCUT2D eigenvalue weighted by atomic mass is 32.2. The first kappa shape index (κ1) is 25.8. The molecule has 0 N–H and O–H groups in total. The van der Waals surface area contributed by atoms with E-state index < -0.39 is 51.4 Å². The number of hydrogen-bond acceptors (Lipinski definition) is 5. The predicted octanol–water partition coefficient (Wildman–Crippen LogP) is 4.46.